The Kier molecular flexibility index (Phi) is 4.15. The fraction of sp³-hybridized carbons (Fsp3) is 0.500. The Morgan fingerprint density at radius 3 is 3.06 bits per heavy atom. The molecule has 1 aromatic heterocycles. The zero-order valence-corrected chi connectivity index (χ0v) is 10.6. The lowest BCUT2D eigenvalue weighted by Gasteiger charge is -2.25. The van der Waals surface area contributed by atoms with Crippen LogP contribution in [0.3, 0.4) is 0 Å². The van der Waals surface area contributed by atoms with Crippen LogP contribution in [0.25, 0.3) is 0 Å². The van der Waals surface area contributed by atoms with Gasteiger partial charge in [-0.25, -0.2) is 0 Å². The summed E-state index contributed by atoms with van der Waals surface area (Å²) in [5.74, 6) is 1.05. The SMILES string of the molecule is CCNC(C1=CCCCO1)c1cccnc1C. The van der Waals surface area contributed by atoms with Crippen molar-refractivity contribution in [3.05, 3.63) is 41.4 Å². The summed E-state index contributed by atoms with van der Waals surface area (Å²) in [5.41, 5.74) is 2.27. The number of allylic oxidation sites excluding steroid dienone is 1. The van der Waals surface area contributed by atoms with Crippen molar-refractivity contribution in [3.63, 3.8) is 0 Å². The second-order valence-corrected chi connectivity index (χ2v) is 4.27. The summed E-state index contributed by atoms with van der Waals surface area (Å²) in [5, 5.41) is 3.48. The molecule has 0 bridgehead atoms. The first-order valence-corrected chi connectivity index (χ1v) is 6.30. The fourth-order valence-corrected chi connectivity index (χ4v) is 2.15. The molecule has 3 heteroatoms. The summed E-state index contributed by atoms with van der Waals surface area (Å²) in [6, 6.07) is 4.25. The van der Waals surface area contributed by atoms with Crippen LogP contribution in [0.2, 0.25) is 0 Å². The molecule has 0 aliphatic carbocycles. The Labute approximate surface area is 103 Å². The number of ether oxygens (including phenoxy) is 1. The Morgan fingerprint density at radius 1 is 1.53 bits per heavy atom. The molecule has 2 heterocycles. The highest BCUT2D eigenvalue weighted by Gasteiger charge is 2.20. The van der Waals surface area contributed by atoms with Gasteiger partial charge in [0, 0.05) is 11.9 Å². The maximum atomic E-state index is 5.77. The number of aryl methyl sites for hydroxylation is 1. The number of aromatic nitrogens is 1. The third-order valence-electron chi connectivity index (χ3n) is 3.01. The lowest BCUT2D eigenvalue weighted by molar-refractivity contribution is 0.168. The van der Waals surface area contributed by atoms with Crippen LogP contribution in [0, 0.1) is 6.92 Å². The minimum absolute atomic E-state index is 0.147. The second-order valence-electron chi connectivity index (χ2n) is 4.27. The van der Waals surface area contributed by atoms with Crippen molar-refractivity contribution in [2.75, 3.05) is 13.2 Å². The van der Waals surface area contributed by atoms with Gasteiger partial charge in [0.15, 0.2) is 0 Å². The van der Waals surface area contributed by atoms with Crippen molar-refractivity contribution >= 4 is 0 Å². The highest BCUT2D eigenvalue weighted by molar-refractivity contribution is 5.29. The van der Waals surface area contributed by atoms with Crippen LogP contribution < -0.4 is 5.32 Å². The van der Waals surface area contributed by atoms with Gasteiger partial charge >= 0.3 is 0 Å². The molecule has 3 nitrogen and oxygen atoms in total. The van der Waals surface area contributed by atoms with E-state index in [1.54, 1.807) is 0 Å². The molecule has 0 radical (unpaired) electrons. The molecule has 1 aliphatic rings. The Balaban J connectivity index is 2.28. The van der Waals surface area contributed by atoms with Gasteiger partial charge in [0.2, 0.25) is 0 Å². The number of nitrogens with one attached hydrogen (secondary N) is 1. The topological polar surface area (TPSA) is 34.1 Å². The summed E-state index contributed by atoms with van der Waals surface area (Å²) in [6.07, 6.45) is 6.26. The summed E-state index contributed by atoms with van der Waals surface area (Å²) in [4.78, 5) is 4.35. The summed E-state index contributed by atoms with van der Waals surface area (Å²) in [6.45, 7) is 5.90. The van der Waals surface area contributed by atoms with Crippen molar-refractivity contribution in [2.45, 2.75) is 32.7 Å². The molecule has 2 rings (SSSR count). The number of pyridine rings is 1. The van der Waals surface area contributed by atoms with Crippen LogP contribution in [-0.2, 0) is 4.74 Å². The lowest BCUT2D eigenvalue weighted by atomic mass is 10.0. The molecule has 17 heavy (non-hydrogen) atoms. The van der Waals surface area contributed by atoms with E-state index in [0.29, 0.717) is 0 Å². The molecule has 0 aromatic carbocycles. The van der Waals surface area contributed by atoms with E-state index >= 15 is 0 Å². The highest BCUT2D eigenvalue weighted by atomic mass is 16.5. The molecule has 1 aliphatic heterocycles. The lowest BCUT2D eigenvalue weighted by Crippen LogP contribution is -2.26. The first-order chi connectivity index (χ1) is 8.33. The molecule has 0 amide bonds. The molecule has 1 atom stereocenters. The molecular weight excluding hydrogens is 212 g/mol. The zero-order valence-electron chi connectivity index (χ0n) is 10.6. The monoisotopic (exact) mass is 232 g/mol. The maximum Gasteiger partial charge on any atom is 0.113 e. The second kappa shape index (κ2) is 5.82. The number of likely N-dealkylation sites (N-methyl/N-ethyl adjacent to an activating group) is 1. The molecule has 1 unspecified atom stereocenters. The molecule has 0 saturated heterocycles. The zero-order chi connectivity index (χ0) is 12.1. The van der Waals surface area contributed by atoms with Gasteiger partial charge in [-0.2, -0.15) is 0 Å². The van der Waals surface area contributed by atoms with Gasteiger partial charge in [0.1, 0.15) is 5.76 Å². The average molecular weight is 232 g/mol. The third kappa shape index (κ3) is 2.86. The van der Waals surface area contributed by atoms with E-state index in [-0.39, 0.29) is 6.04 Å². The van der Waals surface area contributed by atoms with Gasteiger partial charge in [0.25, 0.3) is 0 Å². The smallest absolute Gasteiger partial charge is 0.113 e. The van der Waals surface area contributed by atoms with Crippen molar-refractivity contribution < 1.29 is 4.74 Å². The largest absolute Gasteiger partial charge is 0.496 e. The third-order valence-corrected chi connectivity index (χ3v) is 3.01. The van der Waals surface area contributed by atoms with Crippen LogP contribution in [0.1, 0.15) is 37.1 Å². The van der Waals surface area contributed by atoms with Gasteiger partial charge in [-0.1, -0.05) is 13.0 Å². The molecule has 1 N–H and O–H groups in total. The first kappa shape index (κ1) is 12.1. The fourth-order valence-electron chi connectivity index (χ4n) is 2.15. The number of hydrogen-bond acceptors (Lipinski definition) is 3. The minimum Gasteiger partial charge on any atom is -0.496 e. The predicted molar refractivity (Wildman–Crippen MR) is 68.7 cm³/mol. The van der Waals surface area contributed by atoms with Crippen LogP contribution in [0.15, 0.2) is 30.2 Å². The predicted octanol–water partition coefficient (Wildman–Crippen LogP) is 2.73. The molecule has 0 saturated carbocycles. The number of hydrogen-bond donors (Lipinski definition) is 1. The van der Waals surface area contributed by atoms with E-state index in [1.165, 1.54) is 5.56 Å². The quantitative estimate of drug-likeness (QED) is 0.866. The van der Waals surface area contributed by atoms with Crippen LogP contribution in [0.4, 0.5) is 0 Å². The standard InChI is InChI=1S/C14H20N2O/c1-3-15-14(13-8-4-5-10-17-13)12-7-6-9-16-11(12)2/h6-9,14-15H,3-5,10H2,1-2H3. The van der Waals surface area contributed by atoms with Crippen molar-refractivity contribution in [3.8, 4) is 0 Å². The van der Waals surface area contributed by atoms with Crippen LogP contribution in [-0.4, -0.2) is 18.1 Å². The van der Waals surface area contributed by atoms with Crippen molar-refractivity contribution in [1.82, 2.24) is 10.3 Å². The highest BCUT2D eigenvalue weighted by Crippen LogP contribution is 2.27. The first-order valence-electron chi connectivity index (χ1n) is 6.30. The molecule has 0 spiro atoms. The van der Waals surface area contributed by atoms with Gasteiger partial charge < -0.3 is 10.1 Å². The van der Waals surface area contributed by atoms with Gasteiger partial charge in [0.05, 0.1) is 12.6 Å². The van der Waals surface area contributed by atoms with E-state index < -0.39 is 0 Å². The van der Waals surface area contributed by atoms with Crippen LogP contribution >= 0.6 is 0 Å². The summed E-state index contributed by atoms with van der Waals surface area (Å²) < 4.78 is 5.77. The average Bonchev–Trinajstić information content (AvgIpc) is 2.38. The van der Waals surface area contributed by atoms with E-state index in [4.69, 9.17) is 4.74 Å². The maximum absolute atomic E-state index is 5.77. The van der Waals surface area contributed by atoms with E-state index in [9.17, 15) is 0 Å². The summed E-state index contributed by atoms with van der Waals surface area (Å²) in [7, 11) is 0. The molecule has 0 fully saturated rings. The van der Waals surface area contributed by atoms with E-state index in [2.05, 4.69) is 29.4 Å². The van der Waals surface area contributed by atoms with E-state index in [0.717, 1.165) is 37.4 Å². The molecule has 1 aromatic rings. The van der Waals surface area contributed by atoms with Gasteiger partial charge in [-0.15, -0.1) is 0 Å². The Hall–Kier alpha value is -1.35. The van der Waals surface area contributed by atoms with Gasteiger partial charge in [-0.05, 0) is 44.0 Å². The number of rotatable bonds is 4. The van der Waals surface area contributed by atoms with Gasteiger partial charge in [-0.3, -0.25) is 4.98 Å². The Bertz CT molecular complexity index is 401. The molecular formula is C14H20N2O. The van der Waals surface area contributed by atoms with Crippen molar-refractivity contribution in [2.24, 2.45) is 0 Å². The molecule has 92 valence electrons. The normalized spacial score (nSPS) is 17.2. The van der Waals surface area contributed by atoms with E-state index in [1.807, 2.05) is 19.2 Å². The Morgan fingerprint density at radius 2 is 2.41 bits per heavy atom. The summed E-state index contributed by atoms with van der Waals surface area (Å²) >= 11 is 0. The minimum atomic E-state index is 0.147. The number of nitrogens with zero attached hydrogens (tertiary/aromatic N) is 1. The van der Waals surface area contributed by atoms with Crippen LogP contribution in [0.5, 0.6) is 0 Å². The van der Waals surface area contributed by atoms with Crippen molar-refractivity contribution in [1.29, 1.82) is 0 Å².